The Morgan fingerprint density at radius 1 is 1.32 bits per heavy atom. The predicted octanol–water partition coefficient (Wildman–Crippen LogP) is 2.83. The van der Waals surface area contributed by atoms with Crippen LogP contribution < -0.4 is 10.6 Å². The second kappa shape index (κ2) is 5.85. The molecule has 0 spiro atoms. The zero-order chi connectivity index (χ0) is 14.0. The van der Waals surface area contributed by atoms with Gasteiger partial charge in [-0.2, -0.15) is 5.10 Å². The Morgan fingerprint density at radius 2 is 2.05 bits per heavy atom. The molecule has 4 nitrogen and oxygen atoms in total. The molecule has 1 aliphatic rings. The van der Waals surface area contributed by atoms with Gasteiger partial charge in [-0.25, -0.2) is 0 Å². The van der Waals surface area contributed by atoms with Crippen LogP contribution in [0.3, 0.4) is 0 Å². The van der Waals surface area contributed by atoms with E-state index in [9.17, 15) is 0 Å². The summed E-state index contributed by atoms with van der Waals surface area (Å²) in [5.41, 5.74) is 8.18. The molecule has 1 aromatic rings. The fourth-order valence-corrected chi connectivity index (χ4v) is 3.22. The third kappa shape index (κ3) is 2.88. The molecule has 0 saturated carbocycles. The number of hydrogen-bond donors (Lipinski definition) is 1. The number of anilines is 2. The van der Waals surface area contributed by atoms with Crippen molar-refractivity contribution in [2.45, 2.75) is 46.5 Å². The van der Waals surface area contributed by atoms with Gasteiger partial charge >= 0.3 is 0 Å². The van der Waals surface area contributed by atoms with Crippen LogP contribution in [-0.2, 0) is 13.5 Å². The zero-order valence-corrected chi connectivity index (χ0v) is 12.8. The SMILES string of the molecule is CCc1nn(C)c(N2CCCC(C(C)C)CC2)c1N. The van der Waals surface area contributed by atoms with Gasteiger partial charge < -0.3 is 10.6 Å². The second-order valence-corrected chi connectivity index (χ2v) is 6.08. The van der Waals surface area contributed by atoms with E-state index in [1.54, 1.807) is 0 Å². The van der Waals surface area contributed by atoms with Gasteiger partial charge in [0.2, 0.25) is 0 Å². The molecule has 2 N–H and O–H groups in total. The smallest absolute Gasteiger partial charge is 0.150 e. The minimum Gasteiger partial charge on any atom is -0.394 e. The highest BCUT2D eigenvalue weighted by Crippen LogP contribution is 2.31. The van der Waals surface area contributed by atoms with Crippen LogP contribution >= 0.6 is 0 Å². The van der Waals surface area contributed by atoms with Crippen LogP contribution in [0.4, 0.5) is 11.5 Å². The summed E-state index contributed by atoms with van der Waals surface area (Å²) in [6, 6.07) is 0. The van der Waals surface area contributed by atoms with Crippen molar-refractivity contribution >= 4 is 11.5 Å². The summed E-state index contributed by atoms with van der Waals surface area (Å²) >= 11 is 0. The minimum atomic E-state index is 0.787. The van der Waals surface area contributed by atoms with Crippen LogP contribution in [0.15, 0.2) is 0 Å². The maximum absolute atomic E-state index is 6.27. The van der Waals surface area contributed by atoms with Gasteiger partial charge in [0.25, 0.3) is 0 Å². The van der Waals surface area contributed by atoms with E-state index in [1.165, 1.54) is 19.3 Å². The quantitative estimate of drug-likeness (QED) is 0.913. The van der Waals surface area contributed by atoms with E-state index >= 15 is 0 Å². The Morgan fingerprint density at radius 3 is 2.63 bits per heavy atom. The molecule has 0 radical (unpaired) electrons. The Labute approximate surface area is 117 Å². The monoisotopic (exact) mass is 264 g/mol. The number of hydrogen-bond acceptors (Lipinski definition) is 3. The van der Waals surface area contributed by atoms with Gasteiger partial charge in [0.1, 0.15) is 5.82 Å². The molecule has 1 aliphatic heterocycles. The molecule has 2 rings (SSSR count). The summed E-state index contributed by atoms with van der Waals surface area (Å²) in [5, 5.41) is 4.54. The lowest BCUT2D eigenvalue weighted by molar-refractivity contribution is 0.351. The van der Waals surface area contributed by atoms with Crippen molar-refractivity contribution in [1.29, 1.82) is 0 Å². The molecular weight excluding hydrogens is 236 g/mol. The number of rotatable bonds is 3. The molecule has 1 saturated heterocycles. The van der Waals surface area contributed by atoms with E-state index in [1.807, 2.05) is 11.7 Å². The Balaban J connectivity index is 2.16. The fraction of sp³-hybridized carbons (Fsp3) is 0.800. The van der Waals surface area contributed by atoms with Crippen LogP contribution in [-0.4, -0.2) is 22.9 Å². The number of nitrogens with zero attached hydrogens (tertiary/aromatic N) is 3. The van der Waals surface area contributed by atoms with E-state index in [2.05, 4.69) is 30.8 Å². The van der Waals surface area contributed by atoms with E-state index in [0.717, 1.165) is 48.5 Å². The van der Waals surface area contributed by atoms with Gasteiger partial charge in [-0.05, 0) is 37.5 Å². The molecule has 0 aliphatic carbocycles. The van der Waals surface area contributed by atoms with Gasteiger partial charge in [-0.3, -0.25) is 4.68 Å². The summed E-state index contributed by atoms with van der Waals surface area (Å²) < 4.78 is 1.96. The van der Waals surface area contributed by atoms with Crippen LogP contribution in [0.25, 0.3) is 0 Å². The highest BCUT2D eigenvalue weighted by molar-refractivity contribution is 5.66. The maximum Gasteiger partial charge on any atom is 0.150 e. The zero-order valence-electron chi connectivity index (χ0n) is 12.8. The Kier molecular flexibility index (Phi) is 4.38. The highest BCUT2D eigenvalue weighted by Gasteiger charge is 2.23. The summed E-state index contributed by atoms with van der Waals surface area (Å²) in [4.78, 5) is 2.43. The molecule has 0 amide bonds. The van der Waals surface area contributed by atoms with Gasteiger partial charge in [0.05, 0.1) is 11.4 Å². The summed E-state index contributed by atoms with van der Waals surface area (Å²) in [5.74, 6) is 2.77. The van der Waals surface area contributed by atoms with Crippen molar-refractivity contribution < 1.29 is 0 Å². The largest absolute Gasteiger partial charge is 0.394 e. The molecule has 19 heavy (non-hydrogen) atoms. The molecule has 1 atom stereocenters. The first-order valence-electron chi connectivity index (χ1n) is 7.60. The highest BCUT2D eigenvalue weighted by atomic mass is 15.4. The topological polar surface area (TPSA) is 47.1 Å². The van der Waals surface area contributed by atoms with Crippen LogP contribution in [0.2, 0.25) is 0 Å². The molecule has 108 valence electrons. The van der Waals surface area contributed by atoms with E-state index in [0.29, 0.717) is 0 Å². The Bertz CT molecular complexity index is 422. The summed E-state index contributed by atoms with van der Waals surface area (Å²) in [6.07, 6.45) is 4.77. The second-order valence-electron chi connectivity index (χ2n) is 6.08. The first-order chi connectivity index (χ1) is 9.04. The van der Waals surface area contributed by atoms with E-state index in [-0.39, 0.29) is 0 Å². The third-order valence-corrected chi connectivity index (χ3v) is 4.48. The molecule has 4 heteroatoms. The average Bonchev–Trinajstić information content (AvgIpc) is 2.57. The van der Waals surface area contributed by atoms with Crippen molar-refractivity contribution in [3.05, 3.63) is 5.69 Å². The van der Waals surface area contributed by atoms with Gasteiger partial charge in [0, 0.05) is 20.1 Å². The van der Waals surface area contributed by atoms with Crippen molar-refractivity contribution in [1.82, 2.24) is 9.78 Å². The van der Waals surface area contributed by atoms with Crippen molar-refractivity contribution in [2.75, 3.05) is 23.7 Å². The molecule has 1 aromatic heterocycles. The lowest BCUT2D eigenvalue weighted by Crippen LogP contribution is -2.27. The molecule has 2 heterocycles. The first-order valence-corrected chi connectivity index (χ1v) is 7.60. The van der Waals surface area contributed by atoms with Crippen LogP contribution in [0.5, 0.6) is 0 Å². The normalized spacial score (nSPS) is 20.9. The van der Waals surface area contributed by atoms with Crippen LogP contribution in [0, 0.1) is 11.8 Å². The van der Waals surface area contributed by atoms with Gasteiger partial charge in [-0.1, -0.05) is 20.8 Å². The van der Waals surface area contributed by atoms with Gasteiger partial charge in [0.15, 0.2) is 0 Å². The molecule has 0 bridgehead atoms. The number of nitrogen functional groups attached to an aromatic ring is 1. The van der Waals surface area contributed by atoms with Crippen LogP contribution in [0.1, 0.15) is 45.7 Å². The van der Waals surface area contributed by atoms with Gasteiger partial charge in [-0.15, -0.1) is 0 Å². The number of aryl methyl sites for hydroxylation is 2. The molecule has 1 fully saturated rings. The lowest BCUT2D eigenvalue weighted by atomic mass is 9.89. The lowest BCUT2D eigenvalue weighted by Gasteiger charge is -2.24. The third-order valence-electron chi connectivity index (χ3n) is 4.48. The van der Waals surface area contributed by atoms with Crippen molar-refractivity contribution in [3.8, 4) is 0 Å². The molecule has 1 unspecified atom stereocenters. The average molecular weight is 264 g/mol. The van der Waals surface area contributed by atoms with E-state index in [4.69, 9.17) is 5.73 Å². The van der Waals surface area contributed by atoms with Crippen molar-refractivity contribution in [2.24, 2.45) is 18.9 Å². The predicted molar refractivity (Wildman–Crippen MR) is 81.4 cm³/mol. The standard InChI is InChI=1S/C15H28N4/c1-5-13-14(16)15(18(4)17-13)19-9-6-7-12(8-10-19)11(2)3/h11-12H,5-10,16H2,1-4H3. The number of nitrogens with two attached hydrogens (primary N) is 1. The first kappa shape index (κ1) is 14.2. The maximum atomic E-state index is 6.27. The summed E-state index contributed by atoms with van der Waals surface area (Å²) in [7, 11) is 2.01. The molecular formula is C15H28N4. The Hall–Kier alpha value is -1.19. The minimum absolute atomic E-state index is 0.787. The summed E-state index contributed by atoms with van der Waals surface area (Å²) in [6.45, 7) is 9.01. The number of aromatic nitrogens is 2. The molecule has 0 aromatic carbocycles. The fourth-order valence-electron chi connectivity index (χ4n) is 3.22. The van der Waals surface area contributed by atoms with E-state index < -0.39 is 0 Å². The van der Waals surface area contributed by atoms with Crippen molar-refractivity contribution in [3.63, 3.8) is 0 Å².